The number of Topliss-reactive ketones (excluding diaryl/α,β-unsaturated/α-hetero) is 1. The molecule has 3 rings (SSSR count). The molecular formula is C21H22N2O2. The quantitative estimate of drug-likeness (QED) is 0.688. The maximum absolute atomic E-state index is 12.0. The fourth-order valence-corrected chi connectivity index (χ4v) is 3.00. The van der Waals surface area contributed by atoms with Crippen molar-refractivity contribution in [3.63, 3.8) is 0 Å². The number of para-hydroxylation sites is 1. The van der Waals surface area contributed by atoms with E-state index >= 15 is 0 Å². The van der Waals surface area contributed by atoms with E-state index in [0.717, 1.165) is 33.5 Å². The lowest BCUT2D eigenvalue weighted by atomic mass is 10.1. The highest BCUT2D eigenvalue weighted by atomic mass is 16.5. The number of nitrogens with one attached hydrogen (secondary N) is 1. The van der Waals surface area contributed by atoms with Crippen LogP contribution >= 0.6 is 0 Å². The molecule has 0 atom stereocenters. The van der Waals surface area contributed by atoms with Gasteiger partial charge in [0.1, 0.15) is 18.9 Å². The molecule has 1 heterocycles. The number of aromatic amines is 1. The standard InChI is InChI=1S/C21H22N2O2/c1-14-8-15(2)21(16(3)9-14)25-13-19(24)12-22-11-18-10-17-6-4-5-7-20(17)23-18/h4-11,23H,12-13H2,1-3H3. The fourth-order valence-electron chi connectivity index (χ4n) is 3.00. The third-order valence-electron chi connectivity index (χ3n) is 4.03. The van der Waals surface area contributed by atoms with Crippen LogP contribution in [0.25, 0.3) is 10.9 Å². The van der Waals surface area contributed by atoms with Gasteiger partial charge in [-0.3, -0.25) is 9.79 Å². The molecule has 3 aromatic rings. The van der Waals surface area contributed by atoms with Gasteiger partial charge in [0.05, 0.1) is 5.69 Å². The Kier molecular flexibility index (Phi) is 4.98. The summed E-state index contributed by atoms with van der Waals surface area (Å²) in [7, 11) is 0. The van der Waals surface area contributed by atoms with Crippen LogP contribution in [0.4, 0.5) is 0 Å². The fraction of sp³-hybridized carbons (Fsp3) is 0.238. The molecule has 2 aromatic carbocycles. The second-order valence-electron chi connectivity index (χ2n) is 6.34. The second kappa shape index (κ2) is 7.34. The highest BCUT2D eigenvalue weighted by Gasteiger charge is 2.08. The van der Waals surface area contributed by atoms with Crippen molar-refractivity contribution in [2.45, 2.75) is 20.8 Å². The summed E-state index contributed by atoms with van der Waals surface area (Å²) >= 11 is 0. The van der Waals surface area contributed by atoms with Gasteiger partial charge in [0, 0.05) is 17.1 Å². The molecule has 25 heavy (non-hydrogen) atoms. The summed E-state index contributed by atoms with van der Waals surface area (Å²) in [6.07, 6.45) is 1.69. The molecule has 4 heteroatoms. The maximum atomic E-state index is 12.0. The summed E-state index contributed by atoms with van der Waals surface area (Å²) in [4.78, 5) is 19.5. The van der Waals surface area contributed by atoms with Crippen molar-refractivity contribution in [1.82, 2.24) is 4.98 Å². The summed E-state index contributed by atoms with van der Waals surface area (Å²) in [6, 6.07) is 14.1. The zero-order chi connectivity index (χ0) is 17.8. The number of aliphatic imine (C=N–C) groups is 1. The lowest BCUT2D eigenvalue weighted by Gasteiger charge is -2.12. The Balaban J connectivity index is 1.56. The molecule has 0 aliphatic heterocycles. The topological polar surface area (TPSA) is 54.4 Å². The van der Waals surface area contributed by atoms with Gasteiger partial charge in [-0.25, -0.2) is 0 Å². The molecule has 0 bridgehead atoms. The minimum atomic E-state index is -0.0493. The van der Waals surface area contributed by atoms with Crippen molar-refractivity contribution in [3.05, 3.63) is 64.8 Å². The first kappa shape index (κ1) is 17.0. The van der Waals surface area contributed by atoms with Crippen LogP contribution in [0.2, 0.25) is 0 Å². The van der Waals surface area contributed by atoms with Gasteiger partial charge < -0.3 is 9.72 Å². The maximum Gasteiger partial charge on any atom is 0.191 e. The number of hydrogen-bond acceptors (Lipinski definition) is 3. The first-order valence-electron chi connectivity index (χ1n) is 8.33. The van der Waals surface area contributed by atoms with Crippen LogP contribution in [0.1, 0.15) is 22.4 Å². The number of aryl methyl sites for hydroxylation is 3. The molecule has 4 nitrogen and oxygen atoms in total. The van der Waals surface area contributed by atoms with Crippen molar-refractivity contribution in [2.24, 2.45) is 4.99 Å². The van der Waals surface area contributed by atoms with Crippen LogP contribution in [0.5, 0.6) is 5.75 Å². The molecule has 0 fully saturated rings. The lowest BCUT2D eigenvalue weighted by Crippen LogP contribution is -2.15. The highest BCUT2D eigenvalue weighted by molar-refractivity contribution is 5.91. The molecule has 1 aromatic heterocycles. The lowest BCUT2D eigenvalue weighted by molar-refractivity contribution is -0.119. The molecule has 0 amide bonds. The molecule has 0 aliphatic rings. The minimum Gasteiger partial charge on any atom is -0.485 e. The van der Waals surface area contributed by atoms with Crippen LogP contribution in [0.15, 0.2) is 47.5 Å². The number of carbonyl (C=O) groups excluding carboxylic acids is 1. The van der Waals surface area contributed by atoms with E-state index in [1.54, 1.807) is 6.21 Å². The average Bonchev–Trinajstić information content (AvgIpc) is 2.96. The van der Waals surface area contributed by atoms with Gasteiger partial charge in [-0.2, -0.15) is 0 Å². The number of aromatic nitrogens is 1. The summed E-state index contributed by atoms with van der Waals surface area (Å²) in [6.45, 7) is 6.18. The molecule has 0 saturated carbocycles. The highest BCUT2D eigenvalue weighted by Crippen LogP contribution is 2.24. The normalized spacial score (nSPS) is 11.3. The average molecular weight is 334 g/mol. The van der Waals surface area contributed by atoms with Crippen LogP contribution in [0.3, 0.4) is 0 Å². The summed E-state index contributed by atoms with van der Waals surface area (Å²) in [5.41, 5.74) is 5.24. The number of ketones is 1. The van der Waals surface area contributed by atoms with Gasteiger partial charge in [-0.1, -0.05) is 35.9 Å². The zero-order valence-corrected chi connectivity index (χ0v) is 14.8. The summed E-state index contributed by atoms with van der Waals surface area (Å²) < 4.78 is 5.70. The van der Waals surface area contributed by atoms with E-state index in [2.05, 4.69) is 22.1 Å². The third kappa shape index (κ3) is 4.15. The first-order chi connectivity index (χ1) is 12.0. The van der Waals surface area contributed by atoms with E-state index in [1.165, 1.54) is 5.56 Å². The Labute approximate surface area is 147 Å². The van der Waals surface area contributed by atoms with Crippen LogP contribution in [-0.2, 0) is 4.79 Å². The number of benzene rings is 2. The molecule has 128 valence electrons. The van der Waals surface area contributed by atoms with E-state index in [9.17, 15) is 4.79 Å². The largest absolute Gasteiger partial charge is 0.485 e. The predicted octanol–water partition coefficient (Wildman–Crippen LogP) is 4.16. The van der Waals surface area contributed by atoms with Crippen LogP contribution in [-0.4, -0.2) is 30.1 Å². The number of ether oxygens (including phenoxy) is 1. The monoisotopic (exact) mass is 334 g/mol. The molecule has 0 spiro atoms. The number of nitrogens with zero attached hydrogens (tertiary/aromatic N) is 1. The van der Waals surface area contributed by atoms with Crippen molar-refractivity contribution in [1.29, 1.82) is 0 Å². The minimum absolute atomic E-state index is 0.0365. The molecule has 0 unspecified atom stereocenters. The number of H-pyrrole nitrogens is 1. The summed E-state index contributed by atoms with van der Waals surface area (Å²) in [5, 5.41) is 1.13. The predicted molar refractivity (Wildman–Crippen MR) is 102 cm³/mol. The molecule has 1 N–H and O–H groups in total. The van der Waals surface area contributed by atoms with E-state index in [0.29, 0.717) is 0 Å². The Bertz CT molecular complexity index is 882. The van der Waals surface area contributed by atoms with E-state index < -0.39 is 0 Å². The number of carbonyl (C=O) groups is 1. The van der Waals surface area contributed by atoms with Crippen LogP contribution in [0, 0.1) is 20.8 Å². The zero-order valence-electron chi connectivity index (χ0n) is 14.8. The summed E-state index contributed by atoms with van der Waals surface area (Å²) in [5.74, 6) is 0.741. The van der Waals surface area contributed by atoms with Crippen molar-refractivity contribution in [3.8, 4) is 5.75 Å². The molecule has 0 aliphatic carbocycles. The molecule has 0 radical (unpaired) electrons. The Morgan fingerprint density at radius 3 is 2.56 bits per heavy atom. The van der Waals surface area contributed by atoms with Crippen molar-refractivity contribution >= 4 is 22.9 Å². The van der Waals surface area contributed by atoms with Gasteiger partial charge in [0.15, 0.2) is 5.78 Å². The van der Waals surface area contributed by atoms with Crippen molar-refractivity contribution < 1.29 is 9.53 Å². The van der Waals surface area contributed by atoms with Gasteiger partial charge in [0.25, 0.3) is 0 Å². The Morgan fingerprint density at radius 2 is 1.84 bits per heavy atom. The molecule has 0 saturated heterocycles. The van der Waals surface area contributed by atoms with E-state index in [4.69, 9.17) is 4.74 Å². The second-order valence-corrected chi connectivity index (χ2v) is 6.34. The molecular weight excluding hydrogens is 312 g/mol. The van der Waals surface area contributed by atoms with Gasteiger partial charge in [-0.05, 0) is 44.0 Å². The number of hydrogen-bond donors (Lipinski definition) is 1. The van der Waals surface area contributed by atoms with E-state index in [1.807, 2.05) is 51.1 Å². The Morgan fingerprint density at radius 1 is 1.12 bits per heavy atom. The van der Waals surface area contributed by atoms with Crippen LogP contribution < -0.4 is 4.74 Å². The number of rotatable bonds is 6. The van der Waals surface area contributed by atoms with Gasteiger partial charge in [0.2, 0.25) is 0 Å². The Hall–Kier alpha value is -2.88. The van der Waals surface area contributed by atoms with Gasteiger partial charge >= 0.3 is 0 Å². The van der Waals surface area contributed by atoms with Gasteiger partial charge in [-0.15, -0.1) is 0 Å². The first-order valence-corrected chi connectivity index (χ1v) is 8.33. The SMILES string of the molecule is Cc1cc(C)c(OCC(=O)CN=Cc2cc3ccccc3[nH]2)c(C)c1. The smallest absolute Gasteiger partial charge is 0.191 e. The van der Waals surface area contributed by atoms with Crippen molar-refractivity contribution in [2.75, 3.05) is 13.2 Å². The third-order valence-corrected chi connectivity index (χ3v) is 4.03. The number of fused-ring (bicyclic) bond motifs is 1. The van der Waals surface area contributed by atoms with E-state index in [-0.39, 0.29) is 18.9 Å².